The van der Waals surface area contributed by atoms with Crippen molar-refractivity contribution in [1.82, 2.24) is 4.90 Å². The minimum absolute atomic E-state index is 0. The van der Waals surface area contributed by atoms with Crippen LogP contribution in [0.1, 0.15) is 26.2 Å². The number of thioether (sulfide) groups is 1. The maximum atomic E-state index is 6.20. The molecule has 1 aliphatic carbocycles. The third kappa shape index (κ3) is 3.45. The van der Waals surface area contributed by atoms with E-state index in [1.165, 1.54) is 0 Å². The van der Waals surface area contributed by atoms with Crippen LogP contribution in [-0.4, -0.2) is 66.4 Å². The van der Waals surface area contributed by atoms with Gasteiger partial charge in [0, 0.05) is 44.2 Å². The van der Waals surface area contributed by atoms with Crippen LogP contribution >= 0.6 is 35.7 Å². The zero-order valence-corrected chi connectivity index (χ0v) is 15.8. The molecule has 3 aliphatic rings. The average molecular weight is 427 g/mol. The van der Waals surface area contributed by atoms with Crippen molar-refractivity contribution in [2.24, 2.45) is 10.7 Å². The van der Waals surface area contributed by atoms with Gasteiger partial charge in [0.25, 0.3) is 0 Å². The van der Waals surface area contributed by atoms with E-state index in [-0.39, 0.29) is 41.7 Å². The quantitative estimate of drug-likeness (QED) is 0.422. The molecule has 5 nitrogen and oxygen atoms in total. The van der Waals surface area contributed by atoms with Crippen LogP contribution in [0.3, 0.4) is 0 Å². The molecule has 0 aromatic rings. The first kappa shape index (κ1) is 17.6. The fraction of sp³-hybridized carbons (Fsp3) is 0.929. The van der Waals surface area contributed by atoms with Gasteiger partial charge < -0.3 is 20.1 Å². The van der Waals surface area contributed by atoms with Gasteiger partial charge in [0.15, 0.2) is 5.96 Å². The molecule has 0 radical (unpaired) electrons. The second-order valence-electron chi connectivity index (χ2n) is 5.69. The maximum Gasteiger partial charge on any atom is 0.191 e. The maximum absolute atomic E-state index is 6.20. The van der Waals surface area contributed by atoms with E-state index in [9.17, 15) is 0 Å². The Morgan fingerprint density at radius 2 is 2.24 bits per heavy atom. The van der Waals surface area contributed by atoms with Gasteiger partial charge in [0.1, 0.15) is 5.60 Å². The van der Waals surface area contributed by atoms with E-state index in [0.29, 0.717) is 5.96 Å². The molecule has 3 unspecified atom stereocenters. The van der Waals surface area contributed by atoms with Crippen LogP contribution < -0.4 is 5.73 Å². The Morgan fingerprint density at radius 3 is 2.86 bits per heavy atom. The summed E-state index contributed by atoms with van der Waals surface area (Å²) in [4.78, 5) is 6.98. The predicted molar refractivity (Wildman–Crippen MR) is 97.7 cm³/mol. The second kappa shape index (κ2) is 7.70. The fourth-order valence-electron chi connectivity index (χ4n) is 3.46. The number of guanidine groups is 1. The van der Waals surface area contributed by atoms with Crippen molar-refractivity contribution in [2.75, 3.05) is 37.8 Å². The van der Waals surface area contributed by atoms with Crippen LogP contribution in [0.4, 0.5) is 0 Å². The molecule has 122 valence electrons. The standard InChI is InChI=1S/C14H25N3O2S.HI/c1-2-18-12-10-11(14(12)4-3-7-19-14)16-13(15)17-5-8-20-9-6-17;/h11-12H,2-10H2,1H3,(H2,15,16);1H. The lowest BCUT2D eigenvalue weighted by atomic mass is 9.70. The summed E-state index contributed by atoms with van der Waals surface area (Å²) < 4.78 is 11.9. The summed E-state index contributed by atoms with van der Waals surface area (Å²) in [5.41, 5.74) is 6.01. The topological polar surface area (TPSA) is 60.1 Å². The Bertz CT molecular complexity index is 371. The third-order valence-electron chi connectivity index (χ3n) is 4.62. The minimum atomic E-state index is -0.189. The number of rotatable bonds is 3. The third-order valence-corrected chi connectivity index (χ3v) is 5.56. The first-order valence-corrected chi connectivity index (χ1v) is 8.83. The highest BCUT2D eigenvalue weighted by Gasteiger charge is 2.59. The molecule has 2 N–H and O–H groups in total. The Kier molecular flexibility index (Phi) is 6.46. The van der Waals surface area contributed by atoms with Gasteiger partial charge in [-0.25, -0.2) is 4.99 Å². The number of halogens is 1. The summed E-state index contributed by atoms with van der Waals surface area (Å²) in [5, 5.41) is 0. The van der Waals surface area contributed by atoms with Gasteiger partial charge in [0.2, 0.25) is 0 Å². The van der Waals surface area contributed by atoms with Gasteiger partial charge >= 0.3 is 0 Å². The van der Waals surface area contributed by atoms with Gasteiger partial charge in [-0.2, -0.15) is 11.8 Å². The SMILES string of the molecule is CCOC1CC(N=C(N)N2CCSCC2)C12CCCO2.I. The summed E-state index contributed by atoms with van der Waals surface area (Å²) in [7, 11) is 0. The van der Waals surface area contributed by atoms with Crippen molar-refractivity contribution >= 4 is 41.7 Å². The largest absolute Gasteiger partial charge is 0.375 e. The molecular weight excluding hydrogens is 401 g/mol. The van der Waals surface area contributed by atoms with Gasteiger partial charge in [-0.1, -0.05) is 0 Å². The van der Waals surface area contributed by atoms with Crippen LogP contribution in [0.15, 0.2) is 4.99 Å². The zero-order chi connectivity index (χ0) is 14.0. The van der Waals surface area contributed by atoms with Crippen LogP contribution in [0.5, 0.6) is 0 Å². The predicted octanol–water partition coefficient (Wildman–Crippen LogP) is 1.69. The van der Waals surface area contributed by atoms with Crippen molar-refractivity contribution in [3.05, 3.63) is 0 Å². The Hall–Kier alpha value is 0.270. The number of nitrogens with two attached hydrogens (primary N) is 1. The lowest BCUT2D eigenvalue weighted by Crippen LogP contribution is -2.64. The van der Waals surface area contributed by atoms with Crippen molar-refractivity contribution in [2.45, 2.75) is 43.9 Å². The van der Waals surface area contributed by atoms with Gasteiger partial charge in [-0.3, -0.25) is 0 Å². The van der Waals surface area contributed by atoms with Crippen LogP contribution in [0, 0.1) is 0 Å². The molecular formula is C14H26IN3O2S. The van der Waals surface area contributed by atoms with E-state index in [1.807, 2.05) is 18.7 Å². The van der Waals surface area contributed by atoms with Crippen molar-refractivity contribution in [3.63, 3.8) is 0 Å². The molecule has 3 fully saturated rings. The van der Waals surface area contributed by atoms with Gasteiger partial charge in [-0.15, -0.1) is 24.0 Å². The lowest BCUT2D eigenvalue weighted by molar-refractivity contribution is -0.189. The normalized spacial score (nSPS) is 36.4. The summed E-state index contributed by atoms with van der Waals surface area (Å²) in [6, 6.07) is 0.177. The van der Waals surface area contributed by atoms with E-state index in [4.69, 9.17) is 20.2 Å². The van der Waals surface area contributed by atoms with E-state index in [1.54, 1.807) is 0 Å². The molecule has 3 atom stereocenters. The van der Waals surface area contributed by atoms with Crippen molar-refractivity contribution in [1.29, 1.82) is 0 Å². The summed E-state index contributed by atoms with van der Waals surface area (Å²) in [6.45, 7) is 5.63. The summed E-state index contributed by atoms with van der Waals surface area (Å²) in [6.07, 6.45) is 3.30. The van der Waals surface area contributed by atoms with Crippen LogP contribution in [0.2, 0.25) is 0 Å². The Labute approximate surface area is 148 Å². The van der Waals surface area contributed by atoms with Crippen molar-refractivity contribution < 1.29 is 9.47 Å². The molecule has 21 heavy (non-hydrogen) atoms. The molecule has 2 saturated heterocycles. The molecule has 0 aromatic carbocycles. The van der Waals surface area contributed by atoms with E-state index >= 15 is 0 Å². The van der Waals surface area contributed by atoms with E-state index < -0.39 is 0 Å². The monoisotopic (exact) mass is 427 g/mol. The second-order valence-corrected chi connectivity index (χ2v) is 6.91. The number of ether oxygens (including phenoxy) is 2. The molecule has 2 aliphatic heterocycles. The van der Waals surface area contributed by atoms with Crippen molar-refractivity contribution in [3.8, 4) is 0 Å². The Balaban J connectivity index is 0.00000161. The molecule has 3 rings (SSSR count). The van der Waals surface area contributed by atoms with Crippen LogP contribution in [0.25, 0.3) is 0 Å². The highest BCUT2D eigenvalue weighted by atomic mass is 127. The molecule has 1 saturated carbocycles. The van der Waals surface area contributed by atoms with E-state index in [2.05, 4.69) is 4.90 Å². The van der Waals surface area contributed by atoms with Gasteiger partial charge in [-0.05, 0) is 19.8 Å². The molecule has 2 heterocycles. The molecule has 0 amide bonds. The molecule has 7 heteroatoms. The highest BCUT2D eigenvalue weighted by Crippen LogP contribution is 2.47. The Morgan fingerprint density at radius 1 is 1.48 bits per heavy atom. The smallest absolute Gasteiger partial charge is 0.191 e. The first-order chi connectivity index (χ1) is 9.76. The number of nitrogens with zero attached hydrogens (tertiary/aromatic N) is 2. The fourth-order valence-corrected chi connectivity index (χ4v) is 4.36. The summed E-state index contributed by atoms with van der Waals surface area (Å²) >= 11 is 1.98. The molecule has 0 aromatic heterocycles. The zero-order valence-electron chi connectivity index (χ0n) is 12.6. The first-order valence-electron chi connectivity index (χ1n) is 7.68. The average Bonchev–Trinajstić information content (AvgIpc) is 2.99. The minimum Gasteiger partial charge on any atom is -0.375 e. The molecule has 0 bridgehead atoms. The number of hydrogen-bond donors (Lipinski definition) is 1. The van der Waals surface area contributed by atoms with Crippen LogP contribution in [-0.2, 0) is 9.47 Å². The molecule has 1 spiro atoms. The highest BCUT2D eigenvalue weighted by molar-refractivity contribution is 14.0. The van der Waals surface area contributed by atoms with E-state index in [0.717, 1.165) is 57.1 Å². The van der Waals surface area contributed by atoms with Gasteiger partial charge in [0.05, 0.1) is 12.1 Å². The summed E-state index contributed by atoms with van der Waals surface area (Å²) in [5.74, 6) is 2.98. The lowest BCUT2D eigenvalue weighted by Gasteiger charge is -2.50. The number of hydrogen-bond acceptors (Lipinski definition) is 4. The number of aliphatic imine (C=N–C) groups is 1.